The lowest BCUT2D eigenvalue weighted by Gasteiger charge is -2.11. The lowest BCUT2D eigenvalue weighted by Crippen LogP contribution is -2.13. The Bertz CT molecular complexity index is 391. The summed E-state index contributed by atoms with van der Waals surface area (Å²) in [6, 6.07) is 4.75. The van der Waals surface area contributed by atoms with Crippen molar-refractivity contribution in [3.05, 3.63) is 34.9 Å². The highest BCUT2D eigenvalue weighted by Crippen LogP contribution is 2.18. The molecule has 5 heteroatoms. The van der Waals surface area contributed by atoms with Crippen molar-refractivity contribution in [2.75, 3.05) is 21.3 Å². The van der Waals surface area contributed by atoms with E-state index in [-0.39, 0.29) is 6.61 Å². The molecule has 1 aromatic carbocycles. The Labute approximate surface area is 99.3 Å². The topological polar surface area (TPSA) is 61.8 Å². The number of hydrogen-bond acceptors (Lipinski definition) is 5. The zero-order valence-electron chi connectivity index (χ0n) is 9.98. The van der Waals surface area contributed by atoms with Crippen LogP contribution < -0.4 is 0 Å². The van der Waals surface area contributed by atoms with Gasteiger partial charge >= 0.3 is 11.9 Å². The minimum Gasteiger partial charge on any atom is -0.465 e. The van der Waals surface area contributed by atoms with E-state index in [9.17, 15) is 9.59 Å². The molecule has 1 aromatic rings. The van der Waals surface area contributed by atoms with Crippen molar-refractivity contribution >= 4 is 11.9 Å². The molecule has 1 rings (SSSR count). The molecule has 0 heterocycles. The van der Waals surface area contributed by atoms with Crippen LogP contribution in [0.4, 0.5) is 0 Å². The fraction of sp³-hybridized carbons (Fsp3) is 0.333. The van der Waals surface area contributed by atoms with E-state index in [4.69, 9.17) is 4.74 Å². The Kier molecular flexibility index (Phi) is 4.66. The van der Waals surface area contributed by atoms with Gasteiger partial charge in [-0.25, -0.2) is 9.59 Å². The van der Waals surface area contributed by atoms with Gasteiger partial charge in [-0.2, -0.15) is 0 Å². The van der Waals surface area contributed by atoms with Crippen LogP contribution in [0.3, 0.4) is 0 Å². The molecule has 0 aromatic heterocycles. The van der Waals surface area contributed by atoms with Crippen molar-refractivity contribution < 1.29 is 23.8 Å². The maximum Gasteiger partial charge on any atom is 0.338 e. The Morgan fingerprint density at radius 1 is 1.00 bits per heavy atom. The highest BCUT2D eigenvalue weighted by atomic mass is 16.5. The van der Waals surface area contributed by atoms with Crippen molar-refractivity contribution in [3.8, 4) is 0 Å². The van der Waals surface area contributed by atoms with Crippen LogP contribution in [0.25, 0.3) is 0 Å². The van der Waals surface area contributed by atoms with Gasteiger partial charge in [0.05, 0.1) is 32.0 Å². The Morgan fingerprint density at radius 2 is 1.47 bits per heavy atom. The molecule has 0 aliphatic heterocycles. The third-order valence-electron chi connectivity index (χ3n) is 2.28. The van der Waals surface area contributed by atoms with Crippen molar-refractivity contribution in [2.24, 2.45) is 0 Å². The van der Waals surface area contributed by atoms with Crippen LogP contribution in [0.5, 0.6) is 0 Å². The van der Waals surface area contributed by atoms with E-state index in [1.807, 2.05) is 0 Å². The van der Waals surface area contributed by atoms with E-state index in [0.717, 1.165) is 0 Å². The third kappa shape index (κ3) is 2.82. The molecule has 0 N–H and O–H groups in total. The van der Waals surface area contributed by atoms with Crippen LogP contribution in [0.15, 0.2) is 18.2 Å². The van der Waals surface area contributed by atoms with E-state index in [1.54, 1.807) is 18.2 Å². The molecule has 0 aliphatic carbocycles. The third-order valence-corrected chi connectivity index (χ3v) is 2.28. The second kappa shape index (κ2) is 6.00. The number of methoxy groups -OCH3 is 3. The largest absolute Gasteiger partial charge is 0.465 e. The number of carbonyl (C=O) groups is 2. The first kappa shape index (κ1) is 13.2. The van der Waals surface area contributed by atoms with Crippen LogP contribution in [-0.2, 0) is 20.8 Å². The summed E-state index contributed by atoms with van der Waals surface area (Å²) in [4.78, 5) is 23.1. The lowest BCUT2D eigenvalue weighted by molar-refractivity contribution is 0.0589. The summed E-state index contributed by atoms with van der Waals surface area (Å²) in [5.41, 5.74) is 1.07. The summed E-state index contributed by atoms with van der Waals surface area (Å²) in [7, 11) is 4.04. The monoisotopic (exact) mass is 238 g/mol. The molecule has 0 atom stereocenters. The zero-order valence-corrected chi connectivity index (χ0v) is 9.98. The first-order chi connectivity index (χ1) is 8.15. The SMILES string of the molecule is COCc1c(C(=O)OC)cccc1C(=O)OC. The highest BCUT2D eigenvalue weighted by molar-refractivity contribution is 5.97. The van der Waals surface area contributed by atoms with Gasteiger partial charge in [0.1, 0.15) is 0 Å². The van der Waals surface area contributed by atoms with Gasteiger partial charge in [-0.1, -0.05) is 6.07 Å². The molecule has 0 radical (unpaired) electrons. The molecule has 0 amide bonds. The number of esters is 2. The second-order valence-corrected chi connectivity index (χ2v) is 3.25. The molecule has 0 spiro atoms. The first-order valence-corrected chi connectivity index (χ1v) is 4.93. The van der Waals surface area contributed by atoms with Crippen LogP contribution in [0, 0.1) is 0 Å². The quantitative estimate of drug-likeness (QED) is 0.742. The minimum absolute atomic E-state index is 0.135. The lowest BCUT2D eigenvalue weighted by atomic mass is 10.0. The van der Waals surface area contributed by atoms with Gasteiger partial charge in [-0.05, 0) is 12.1 Å². The van der Waals surface area contributed by atoms with Crippen LogP contribution in [-0.4, -0.2) is 33.3 Å². The van der Waals surface area contributed by atoms with Gasteiger partial charge in [-0.15, -0.1) is 0 Å². The number of hydrogen-bond donors (Lipinski definition) is 0. The Balaban J connectivity index is 3.31. The van der Waals surface area contributed by atoms with Crippen molar-refractivity contribution in [2.45, 2.75) is 6.61 Å². The summed E-state index contributed by atoms with van der Waals surface area (Å²) in [6.45, 7) is 0.135. The molecule has 0 bridgehead atoms. The highest BCUT2D eigenvalue weighted by Gasteiger charge is 2.19. The molecule has 0 fully saturated rings. The average molecular weight is 238 g/mol. The molecule has 5 nitrogen and oxygen atoms in total. The average Bonchev–Trinajstić information content (AvgIpc) is 2.37. The van der Waals surface area contributed by atoms with Crippen LogP contribution >= 0.6 is 0 Å². The number of carbonyl (C=O) groups excluding carboxylic acids is 2. The molecule has 17 heavy (non-hydrogen) atoms. The molecular formula is C12H14O5. The van der Waals surface area contributed by atoms with Gasteiger partial charge in [0.2, 0.25) is 0 Å². The van der Waals surface area contributed by atoms with Gasteiger partial charge in [0, 0.05) is 12.7 Å². The predicted molar refractivity (Wildman–Crippen MR) is 59.8 cm³/mol. The number of rotatable bonds is 4. The zero-order chi connectivity index (χ0) is 12.8. The summed E-state index contributed by atoms with van der Waals surface area (Å²) in [6.07, 6.45) is 0. The normalized spacial score (nSPS) is 9.82. The predicted octanol–water partition coefficient (Wildman–Crippen LogP) is 1.41. The van der Waals surface area contributed by atoms with Crippen LogP contribution in [0.2, 0.25) is 0 Å². The van der Waals surface area contributed by atoms with Crippen LogP contribution in [0.1, 0.15) is 26.3 Å². The smallest absolute Gasteiger partial charge is 0.338 e. The van der Waals surface area contributed by atoms with Gasteiger partial charge in [0.15, 0.2) is 0 Å². The number of benzene rings is 1. The summed E-state index contributed by atoms with van der Waals surface area (Å²) >= 11 is 0. The van der Waals surface area contributed by atoms with Crippen molar-refractivity contribution in [1.82, 2.24) is 0 Å². The Hall–Kier alpha value is -1.88. The van der Waals surface area contributed by atoms with E-state index in [0.29, 0.717) is 16.7 Å². The molecule has 92 valence electrons. The Morgan fingerprint density at radius 3 is 1.82 bits per heavy atom. The van der Waals surface area contributed by atoms with Gasteiger partial charge in [0.25, 0.3) is 0 Å². The first-order valence-electron chi connectivity index (χ1n) is 4.93. The van der Waals surface area contributed by atoms with Crippen molar-refractivity contribution in [3.63, 3.8) is 0 Å². The molecule has 0 saturated heterocycles. The van der Waals surface area contributed by atoms with E-state index in [2.05, 4.69) is 9.47 Å². The van der Waals surface area contributed by atoms with Crippen molar-refractivity contribution in [1.29, 1.82) is 0 Å². The molecular weight excluding hydrogens is 224 g/mol. The standard InChI is InChI=1S/C12H14O5/c1-15-7-10-8(11(13)16-2)5-4-6-9(10)12(14)17-3/h4-6H,7H2,1-3H3. The maximum absolute atomic E-state index is 11.5. The number of ether oxygens (including phenoxy) is 3. The van der Waals surface area contributed by atoms with E-state index >= 15 is 0 Å². The maximum atomic E-state index is 11.5. The fourth-order valence-electron chi connectivity index (χ4n) is 1.49. The summed E-state index contributed by atoms with van der Waals surface area (Å²) < 4.78 is 14.3. The fourth-order valence-corrected chi connectivity index (χ4v) is 1.49. The van der Waals surface area contributed by atoms with Gasteiger partial charge < -0.3 is 14.2 Å². The van der Waals surface area contributed by atoms with E-state index in [1.165, 1.54) is 21.3 Å². The minimum atomic E-state index is -0.511. The molecule has 0 saturated carbocycles. The molecule has 0 unspecified atom stereocenters. The summed E-state index contributed by atoms with van der Waals surface area (Å²) in [5, 5.41) is 0. The van der Waals surface area contributed by atoms with Gasteiger partial charge in [-0.3, -0.25) is 0 Å². The molecule has 0 aliphatic rings. The summed E-state index contributed by atoms with van der Waals surface area (Å²) in [5.74, 6) is -1.02. The second-order valence-electron chi connectivity index (χ2n) is 3.25. The van der Waals surface area contributed by atoms with E-state index < -0.39 is 11.9 Å².